The number of aromatic nitrogens is 1. The minimum absolute atomic E-state index is 0.242. The third-order valence-electron chi connectivity index (χ3n) is 2.22. The molecule has 0 atom stereocenters. The van der Waals surface area contributed by atoms with Crippen LogP contribution < -0.4 is 10.1 Å². The molecule has 0 unspecified atom stereocenters. The summed E-state index contributed by atoms with van der Waals surface area (Å²) in [5, 5.41) is 2.46. The molecule has 2 radical (unpaired) electrons. The molecule has 92 valence electrons. The first kappa shape index (κ1) is 12.3. The maximum Gasteiger partial charge on any atom is 0.269 e. The first-order valence-electron chi connectivity index (χ1n) is 5.30. The zero-order chi connectivity index (χ0) is 13.0. The Labute approximate surface area is 104 Å². The zero-order valence-corrected chi connectivity index (χ0v) is 9.68. The summed E-state index contributed by atoms with van der Waals surface area (Å²) in [6, 6.07) is 3.08. The lowest BCUT2D eigenvalue weighted by atomic mass is 10.1. The van der Waals surface area contributed by atoms with E-state index < -0.39 is 0 Å². The van der Waals surface area contributed by atoms with E-state index >= 15 is 0 Å². The molecular formula is C13H11FN2O2. The Morgan fingerprint density at radius 1 is 1.50 bits per heavy atom. The summed E-state index contributed by atoms with van der Waals surface area (Å²) in [7, 11) is 1.52. The zero-order valence-electron chi connectivity index (χ0n) is 9.68. The number of hydrogen-bond donors (Lipinski definition) is 1. The summed E-state index contributed by atoms with van der Waals surface area (Å²) >= 11 is 0. The van der Waals surface area contributed by atoms with E-state index in [2.05, 4.69) is 10.3 Å². The first-order valence-corrected chi connectivity index (χ1v) is 5.30. The van der Waals surface area contributed by atoms with Gasteiger partial charge in [0.25, 0.3) is 5.91 Å². The van der Waals surface area contributed by atoms with Crippen molar-refractivity contribution in [1.29, 1.82) is 0 Å². The highest BCUT2D eigenvalue weighted by Crippen LogP contribution is 2.22. The van der Waals surface area contributed by atoms with Gasteiger partial charge in [0.1, 0.15) is 17.3 Å². The number of carbonyl (C=O) groups is 1. The van der Waals surface area contributed by atoms with E-state index in [1.54, 1.807) is 18.2 Å². The van der Waals surface area contributed by atoms with E-state index in [0.29, 0.717) is 11.9 Å². The lowest BCUT2D eigenvalue weighted by molar-refractivity contribution is 0.0957. The van der Waals surface area contributed by atoms with Gasteiger partial charge in [-0.05, 0) is 18.2 Å². The summed E-state index contributed by atoms with van der Waals surface area (Å²) in [5.41, 5.74) is 0.242. The molecule has 0 aliphatic heterocycles. The van der Waals surface area contributed by atoms with Gasteiger partial charge in [0.05, 0.1) is 0 Å². The van der Waals surface area contributed by atoms with Gasteiger partial charge >= 0.3 is 0 Å². The van der Waals surface area contributed by atoms with Gasteiger partial charge in [-0.25, -0.2) is 4.39 Å². The number of carbonyl (C=O) groups excluding carboxylic acids is 1. The van der Waals surface area contributed by atoms with Gasteiger partial charge in [-0.15, -0.1) is 0 Å². The number of nitrogens with one attached hydrogen (secondary N) is 1. The lowest BCUT2D eigenvalue weighted by Gasteiger charge is -2.13. The predicted molar refractivity (Wildman–Crippen MR) is 64.1 cm³/mol. The van der Waals surface area contributed by atoms with Crippen LogP contribution in [0.3, 0.4) is 0 Å². The minimum atomic E-state index is -0.381. The Kier molecular flexibility index (Phi) is 3.72. The number of allylic oxidation sites excluding steroid dienone is 2. The van der Waals surface area contributed by atoms with E-state index in [-0.39, 0.29) is 17.4 Å². The summed E-state index contributed by atoms with van der Waals surface area (Å²) in [6.45, 7) is 0. The molecule has 0 spiro atoms. The Morgan fingerprint density at radius 2 is 2.33 bits per heavy atom. The van der Waals surface area contributed by atoms with Gasteiger partial charge in [0.15, 0.2) is 6.10 Å². The number of halogens is 1. The van der Waals surface area contributed by atoms with Crippen LogP contribution >= 0.6 is 0 Å². The molecule has 2 rings (SSSR count). The molecule has 18 heavy (non-hydrogen) atoms. The van der Waals surface area contributed by atoms with Crippen LogP contribution in [0.25, 0.3) is 0 Å². The van der Waals surface area contributed by atoms with Gasteiger partial charge < -0.3 is 10.1 Å². The molecule has 1 N–H and O–H groups in total. The van der Waals surface area contributed by atoms with Crippen LogP contribution in [0.1, 0.15) is 10.5 Å². The summed E-state index contributed by atoms with van der Waals surface area (Å²) in [5.74, 6) is -0.262. The molecule has 4 nitrogen and oxygen atoms in total. The van der Waals surface area contributed by atoms with Crippen molar-refractivity contribution in [3.05, 3.63) is 60.6 Å². The van der Waals surface area contributed by atoms with Crippen molar-refractivity contribution in [1.82, 2.24) is 10.3 Å². The van der Waals surface area contributed by atoms with Crippen LogP contribution in [0.5, 0.6) is 5.75 Å². The highest BCUT2D eigenvalue weighted by molar-refractivity contribution is 5.92. The van der Waals surface area contributed by atoms with Gasteiger partial charge in [-0.1, -0.05) is 6.08 Å². The Hall–Kier alpha value is -2.17. The Bertz CT molecular complexity index is 511. The van der Waals surface area contributed by atoms with Crippen molar-refractivity contribution in [2.75, 3.05) is 7.05 Å². The molecule has 0 saturated carbocycles. The van der Waals surface area contributed by atoms with E-state index in [1.807, 2.05) is 0 Å². The number of ether oxygens (including phenoxy) is 1. The Balaban J connectivity index is 2.12. The monoisotopic (exact) mass is 246 g/mol. The van der Waals surface area contributed by atoms with Crippen molar-refractivity contribution in [3.63, 3.8) is 0 Å². The molecule has 1 aromatic rings. The largest absolute Gasteiger partial charge is 0.474 e. The van der Waals surface area contributed by atoms with Crippen molar-refractivity contribution in [2.45, 2.75) is 0 Å². The quantitative estimate of drug-likeness (QED) is 0.887. The van der Waals surface area contributed by atoms with Crippen LogP contribution in [0.4, 0.5) is 4.39 Å². The molecule has 1 aliphatic rings. The molecule has 1 aromatic heterocycles. The third-order valence-corrected chi connectivity index (χ3v) is 2.22. The van der Waals surface area contributed by atoms with Crippen LogP contribution in [0.2, 0.25) is 0 Å². The maximum atomic E-state index is 13.0. The molecule has 0 fully saturated rings. The normalized spacial score (nSPS) is 15.1. The fraction of sp³-hybridized carbons (Fsp3) is 0.0769. The molecule has 1 amide bonds. The fourth-order valence-corrected chi connectivity index (χ4v) is 1.39. The molecule has 1 heterocycles. The van der Waals surface area contributed by atoms with E-state index in [1.165, 1.54) is 31.8 Å². The highest BCUT2D eigenvalue weighted by Gasteiger charge is 2.13. The van der Waals surface area contributed by atoms with Crippen LogP contribution in [-0.4, -0.2) is 17.9 Å². The summed E-state index contributed by atoms with van der Waals surface area (Å²) < 4.78 is 18.4. The predicted octanol–water partition coefficient (Wildman–Crippen LogP) is 1.98. The van der Waals surface area contributed by atoms with E-state index in [0.717, 1.165) is 0 Å². The topological polar surface area (TPSA) is 51.2 Å². The SMILES string of the molecule is CNC(=O)c1cc(O[C]2C=C[CH]C(F)=C2)ccn1. The Morgan fingerprint density at radius 3 is 3.06 bits per heavy atom. The molecule has 0 bridgehead atoms. The van der Waals surface area contributed by atoms with Crippen LogP contribution in [0.15, 0.2) is 42.4 Å². The van der Waals surface area contributed by atoms with Gasteiger partial charge in [-0.2, -0.15) is 0 Å². The average Bonchev–Trinajstić information content (AvgIpc) is 2.38. The molecule has 0 saturated heterocycles. The van der Waals surface area contributed by atoms with Crippen molar-refractivity contribution in [2.24, 2.45) is 0 Å². The van der Waals surface area contributed by atoms with Crippen molar-refractivity contribution in [3.8, 4) is 5.75 Å². The second kappa shape index (κ2) is 5.44. The van der Waals surface area contributed by atoms with Gasteiger partial charge in [0, 0.05) is 25.7 Å². The fourth-order valence-electron chi connectivity index (χ4n) is 1.39. The number of rotatable bonds is 3. The minimum Gasteiger partial charge on any atom is -0.474 e. The number of amides is 1. The van der Waals surface area contributed by atoms with E-state index in [9.17, 15) is 9.18 Å². The van der Waals surface area contributed by atoms with Gasteiger partial charge in [0.2, 0.25) is 0 Å². The summed E-state index contributed by atoms with van der Waals surface area (Å²) in [6.07, 6.45) is 7.59. The molecule has 0 aromatic carbocycles. The number of hydrogen-bond acceptors (Lipinski definition) is 3. The average molecular weight is 246 g/mol. The standard InChI is InChI=1S/C13H11FN2O2/c1-15-13(17)12-8-11(5-6-16-12)18-10-4-2-3-9(14)7-10/h2-8H,1H3,(H,15,17). The van der Waals surface area contributed by atoms with Crippen LogP contribution in [0, 0.1) is 12.5 Å². The van der Waals surface area contributed by atoms with Crippen molar-refractivity contribution >= 4 is 5.91 Å². The number of pyridine rings is 1. The van der Waals surface area contributed by atoms with E-state index in [4.69, 9.17) is 4.74 Å². The second-order valence-electron chi connectivity index (χ2n) is 3.52. The van der Waals surface area contributed by atoms with Crippen molar-refractivity contribution < 1.29 is 13.9 Å². The number of nitrogens with zero attached hydrogens (tertiary/aromatic N) is 1. The van der Waals surface area contributed by atoms with Crippen LogP contribution in [-0.2, 0) is 0 Å². The smallest absolute Gasteiger partial charge is 0.269 e. The van der Waals surface area contributed by atoms with Gasteiger partial charge in [-0.3, -0.25) is 9.78 Å². The molecule has 1 aliphatic carbocycles. The summed E-state index contributed by atoms with van der Waals surface area (Å²) in [4.78, 5) is 15.3. The second-order valence-corrected chi connectivity index (χ2v) is 3.52. The highest BCUT2D eigenvalue weighted by atomic mass is 19.1. The maximum absolute atomic E-state index is 13.0. The third kappa shape index (κ3) is 2.94. The molecular weight excluding hydrogens is 235 g/mol. The molecule has 5 heteroatoms. The first-order chi connectivity index (χ1) is 8.69. The lowest BCUT2D eigenvalue weighted by Crippen LogP contribution is -2.19.